The predicted octanol–water partition coefficient (Wildman–Crippen LogP) is 2.55. The van der Waals surface area contributed by atoms with Crippen LogP contribution >= 0.6 is 0 Å². The van der Waals surface area contributed by atoms with Crippen LogP contribution < -0.4 is 5.73 Å². The number of aromatic nitrogens is 1. The molecule has 0 unspecified atom stereocenters. The normalized spacial score (nSPS) is 11.1. The maximum absolute atomic E-state index is 5.57. The van der Waals surface area contributed by atoms with E-state index in [1.165, 1.54) is 22.9 Å². The third-order valence-electron chi connectivity index (χ3n) is 2.74. The number of benzene rings is 1. The van der Waals surface area contributed by atoms with Crippen molar-refractivity contribution in [2.75, 3.05) is 6.54 Å². The molecule has 1 aromatic carbocycles. The van der Waals surface area contributed by atoms with E-state index in [1.807, 2.05) is 0 Å². The molecule has 2 N–H and O–H groups in total. The highest BCUT2D eigenvalue weighted by Gasteiger charge is 2.01. The molecule has 0 spiro atoms. The molecule has 0 radical (unpaired) electrons. The second-order valence-corrected chi connectivity index (χ2v) is 3.94. The second-order valence-electron chi connectivity index (χ2n) is 3.94. The molecule has 0 bridgehead atoms. The highest BCUT2D eigenvalue weighted by atomic mass is 14.9. The molecule has 1 aromatic heterocycles. The van der Waals surface area contributed by atoms with E-state index in [4.69, 9.17) is 5.73 Å². The Balaban J connectivity index is 2.42. The molecule has 2 rings (SSSR count). The van der Waals surface area contributed by atoms with Crippen LogP contribution in [0.5, 0.6) is 0 Å². The number of rotatable bonds is 4. The molecule has 2 aromatic rings. The van der Waals surface area contributed by atoms with Gasteiger partial charge in [-0.2, -0.15) is 0 Å². The minimum atomic E-state index is 0.722. The van der Waals surface area contributed by atoms with Gasteiger partial charge in [-0.1, -0.05) is 19.1 Å². The fourth-order valence-electron chi connectivity index (χ4n) is 1.99. The zero-order chi connectivity index (χ0) is 10.7. The Labute approximate surface area is 90.7 Å². The minimum absolute atomic E-state index is 0.722. The lowest BCUT2D eigenvalue weighted by Gasteiger charge is -2.04. The number of fused-ring (bicyclic) bond motifs is 1. The largest absolute Gasteiger partial charge is 0.347 e. The van der Waals surface area contributed by atoms with E-state index in [0.29, 0.717) is 0 Å². The van der Waals surface area contributed by atoms with E-state index in [-0.39, 0.29) is 0 Å². The average Bonchev–Trinajstić information content (AvgIpc) is 2.63. The van der Waals surface area contributed by atoms with Gasteiger partial charge in [-0.3, -0.25) is 0 Å². The topological polar surface area (TPSA) is 30.9 Å². The Morgan fingerprint density at radius 1 is 1.27 bits per heavy atom. The van der Waals surface area contributed by atoms with Crippen molar-refractivity contribution in [2.24, 2.45) is 5.73 Å². The van der Waals surface area contributed by atoms with Crippen LogP contribution in [0.4, 0.5) is 0 Å². The van der Waals surface area contributed by atoms with Crippen molar-refractivity contribution in [3.8, 4) is 0 Å². The summed E-state index contributed by atoms with van der Waals surface area (Å²) >= 11 is 0. The van der Waals surface area contributed by atoms with Gasteiger partial charge < -0.3 is 10.3 Å². The lowest BCUT2D eigenvalue weighted by molar-refractivity contribution is 0.703. The smallest absolute Gasteiger partial charge is 0.0483 e. The highest BCUT2D eigenvalue weighted by molar-refractivity contribution is 5.80. The molecule has 0 saturated carbocycles. The number of nitrogens with two attached hydrogens (primary N) is 1. The molecule has 0 aliphatic carbocycles. The molecular formula is C13H18N2. The molecule has 0 atom stereocenters. The van der Waals surface area contributed by atoms with Crippen molar-refractivity contribution in [2.45, 2.75) is 26.3 Å². The summed E-state index contributed by atoms with van der Waals surface area (Å²) in [5.74, 6) is 0. The first-order chi connectivity index (χ1) is 7.35. The van der Waals surface area contributed by atoms with Gasteiger partial charge in [-0.05, 0) is 42.5 Å². The van der Waals surface area contributed by atoms with Crippen LogP contribution in [0.3, 0.4) is 0 Å². The zero-order valence-corrected chi connectivity index (χ0v) is 9.24. The molecule has 0 aliphatic heterocycles. The van der Waals surface area contributed by atoms with Crippen LogP contribution in [0.15, 0.2) is 30.5 Å². The van der Waals surface area contributed by atoms with Gasteiger partial charge in [-0.15, -0.1) is 0 Å². The molecule has 1 heterocycles. The minimum Gasteiger partial charge on any atom is -0.347 e. The van der Waals surface area contributed by atoms with Crippen LogP contribution in [0.2, 0.25) is 0 Å². The quantitative estimate of drug-likeness (QED) is 0.811. The monoisotopic (exact) mass is 202 g/mol. The predicted molar refractivity (Wildman–Crippen MR) is 65.0 cm³/mol. The van der Waals surface area contributed by atoms with Gasteiger partial charge in [-0.25, -0.2) is 0 Å². The molecule has 2 heteroatoms. The fraction of sp³-hybridized carbons (Fsp3) is 0.385. The molecule has 2 nitrogen and oxygen atoms in total. The van der Waals surface area contributed by atoms with Gasteiger partial charge in [0.05, 0.1) is 0 Å². The molecule has 0 aliphatic rings. The molecule has 0 fully saturated rings. The Morgan fingerprint density at radius 2 is 2.13 bits per heavy atom. The summed E-state index contributed by atoms with van der Waals surface area (Å²) in [5, 5.41) is 1.32. The van der Waals surface area contributed by atoms with E-state index in [2.05, 4.69) is 42.0 Å². The summed E-state index contributed by atoms with van der Waals surface area (Å²) in [6.07, 6.45) is 4.30. The van der Waals surface area contributed by atoms with Crippen molar-refractivity contribution < 1.29 is 0 Å². The highest BCUT2D eigenvalue weighted by Crippen LogP contribution is 2.18. The van der Waals surface area contributed by atoms with Crippen LogP contribution in [0.1, 0.15) is 18.9 Å². The Bertz CT molecular complexity index is 443. The van der Waals surface area contributed by atoms with Gasteiger partial charge in [0, 0.05) is 18.3 Å². The first-order valence-electron chi connectivity index (χ1n) is 5.63. The van der Waals surface area contributed by atoms with E-state index in [0.717, 1.165) is 19.5 Å². The number of aryl methyl sites for hydroxylation is 1. The lowest BCUT2D eigenvalue weighted by Crippen LogP contribution is -2.02. The van der Waals surface area contributed by atoms with Crippen molar-refractivity contribution in [3.63, 3.8) is 0 Å². The van der Waals surface area contributed by atoms with E-state index >= 15 is 0 Å². The molecule has 0 amide bonds. The zero-order valence-electron chi connectivity index (χ0n) is 9.24. The van der Waals surface area contributed by atoms with Gasteiger partial charge in [0.15, 0.2) is 0 Å². The van der Waals surface area contributed by atoms with E-state index in [1.54, 1.807) is 0 Å². The third kappa shape index (κ3) is 2.05. The molecule has 15 heavy (non-hydrogen) atoms. The van der Waals surface area contributed by atoms with E-state index in [9.17, 15) is 0 Å². The molecular weight excluding hydrogens is 184 g/mol. The van der Waals surface area contributed by atoms with Crippen LogP contribution in [0, 0.1) is 0 Å². The van der Waals surface area contributed by atoms with Gasteiger partial charge in [0.25, 0.3) is 0 Å². The summed E-state index contributed by atoms with van der Waals surface area (Å²) in [6, 6.07) is 8.80. The van der Waals surface area contributed by atoms with Gasteiger partial charge >= 0.3 is 0 Å². The summed E-state index contributed by atoms with van der Waals surface area (Å²) < 4.78 is 2.31. The summed E-state index contributed by atoms with van der Waals surface area (Å²) in [7, 11) is 0. The Hall–Kier alpha value is -1.28. The third-order valence-corrected chi connectivity index (χ3v) is 2.74. The Kier molecular flexibility index (Phi) is 3.07. The standard InChI is InChI=1S/C13H18N2/c1-2-8-15-9-6-12-4-3-11(5-7-14)10-13(12)15/h3-4,6,9-10H,2,5,7-8,14H2,1H3. The number of nitrogens with zero attached hydrogens (tertiary/aromatic N) is 1. The number of hydrogen-bond donors (Lipinski definition) is 1. The fourth-order valence-corrected chi connectivity index (χ4v) is 1.99. The Morgan fingerprint density at radius 3 is 2.87 bits per heavy atom. The maximum atomic E-state index is 5.57. The van der Waals surface area contributed by atoms with Gasteiger partial charge in [0.2, 0.25) is 0 Å². The maximum Gasteiger partial charge on any atom is 0.0483 e. The second kappa shape index (κ2) is 4.49. The van der Waals surface area contributed by atoms with Crippen LogP contribution in [-0.4, -0.2) is 11.1 Å². The summed E-state index contributed by atoms with van der Waals surface area (Å²) in [5.41, 5.74) is 8.24. The van der Waals surface area contributed by atoms with Crippen LogP contribution in [-0.2, 0) is 13.0 Å². The first kappa shape index (κ1) is 10.2. The van der Waals surface area contributed by atoms with Crippen molar-refractivity contribution >= 4 is 10.9 Å². The lowest BCUT2D eigenvalue weighted by atomic mass is 10.1. The SMILES string of the molecule is CCCn1ccc2ccc(CCN)cc21. The van der Waals surface area contributed by atoms with Crippen molar-refractivity contribution in [1.29, 1.82) is 0 Å². The molecule has 80 valence electrons. The first-order valence-corrected chi connectivity index (χ1v) is 5.63. The summed E-state index contributed by atoms with van der Waals surface area (Å²) in [6.45, 7) is 4.02. The molecule has 0 saturated heterocycles. The van der Waals surface area contributed by atoms with Gasteiger partial charge in [0.1, 0.15) is 0 Å². The van der Waals surface area contributed by atoms with Crippen molar-refractivity contribution in [1.82, 2.24) is 4.57 Å². The average molecular weight is 202 g/mol. The van der Waals surface area contributed by atoms with E-state index < -0.39 is 0 Å². The summed E-state index contributed by atoms with van der Waals surface area (Å²) in [4.78, 5) is 0. The number of hydrogen-bond acceptors (Lipinski definition) is 1. The van der Waals surface area contributed by atoms with Crippen LogP contribution in [0.25, 0.3) is 10.9 Å². The van der Waals surface area contributed by atoms with Crippen molar-refractivity contribution in [3.05, 3.63) is 36.0 Å².